The van der Waals surface area contributed by atoms with E-state index in [0.717, 1.165) is 24.4 Å². The second kappa shape index (κ2) is 6.37. The van der Waals surface area contributed by atoms with Crippen molar-refractivity contribution >= 4 is 11.6 Å². The molecule has 3 rings (SSSR count). The maximum Gasteiger partial charge on any atom is 0.179 e. The lowest BCUT2D eigenvalue weighted by Crippen LogP contribution is -2.17. The van der Waals surface area contributed by atoms with Crippen LogP contribution >= 0.6 is 11.6 Å². The number of ether oxygens (including phenoxy) is 2. The van der Waals surface area contributed by atoms with E-state index < -0.39 is 0 Å². The molecule has 2 aromatic carbocycles. The molecule has 0 radical (unpaired) electrons. The van der Waals surface area contributed by atoms with Crippen molar-refractivity contribution < 1.29 is 9.47 Å². The van der Waals surface area contributed by atoms with E-state index in [1.165, 1.54) is 11.1 Å². The third-order valence-electron chi connectivity index (χ3n) is 3.56. The lowest BCUT2D eigenvalue weighted by Gasteiger charge is -2.20. The number of nitrogens with one attached hydrogen (secondary N) is 1. The fraction of sp³-hybridized carbons (Fsp3) is 0.294. The first-order valence-corrected chi connectivity index (χ1v) is 7.45. The fourth-order valence-corrected chi connectivity index (χ4v) is 2.70. The Morgan fingerprint density at radius 1 is 1.10 bits per heavy atom. The maximum atomic E-state index is 6.24. The predicted molar refractivity (Wildman–Crippen MR) is 84.2 cm³/mol. The minimum Gasteiger partial charge on any atom is -0.486 e. The van der Waals surface area contributed by atoms with Crippen molar-refractivity contribution in [1.29, 1.82) is 0 Å². The number of halogens is 1. The highest BCUT2D eigenvalue weighted by atomic mass is 35.5. The summed E-state index contributed by atoms with van der Waals surface area (Å²) in [6, 6.07) is 12.3. The smallest absolute Gasteiger partial charge is 0.179 e. The SMILES string of the molecule is Cc1ccccc1CNCc1cc(Cl)c2c(c1)OCCO2. The van der Waals surface area contributed by atoms with Crippen LogP contribution in [0.5, 0.6) is 11.5 Å². The van der Waals surface area contributed by atoms with Gasteiger partial charge in [0, 0.05) is 13.1 Å². The van der Waals surface area contributed by atoms with E-state index in [1.807, 2.05) is 12.1 Å². The van der Waals surface area contributed by atoms with Crippen LogP contribution in [0.1, 0.15) is 16.7 Å². The van der Waals surface area contributed by atoms with Gasteiger partial charge in [-0.15, -0.1) is 0 Å². The van der Waals surface area contributed by atoms with Crippen molar-refractivity contribution in [3.63, 3.8) is 0 Å². The summed E-state index contributed by atoms with van der Waals surface area (Å²) in [5.41, 5.74) is 3.70. The number of benzene rings is 2. The summed E-state index contributed by atoms with van der Waals surface area (Å²) in [4.78, 5) is 0. The molecule has 0 unspecified atom stereocenters. The summed E-state index contributed by atoms with van der Waals surface area (Å²) in [6.07, 6.45) is 0. The Balaban J connectivity index is 1.66. The highest BCUT2D eigenvalue weighted by Crippen LogP contribution is 2.38. The zero-order chi connectivity index (χ0) is 14.7. The van der Waals surface area contributed by atoms with E-state index in [4.69, 9.17) is 21.1 Å². The normalized spacial score (nSPS) is 13.2. The van der Waals surface area contributed by atoms with Crippen molar-refractivity contribution in [1.82, 2.24) is 5.32 Å². The molecule has 0 amide bonds. The largest absolute Gasteiger partial charge is 0.486 e. The number of hydrogen-bond donors (Lipinski definition) is 1. The van der Waals surface area contributed by atoms with Crippen molar-refractivity contribution in [2.24, 2.45) is 0 Å². The summed E-state index contributed by atoms with van der Waals surface area (Å²) in [5, 5.41) is 4.05. The van der Waals surface area contributed by atoms with Gasteiger partial charge >= 0.3 is 0 Å². The molecule has 0 spiro atoms. The van der Waals surface area contributed by atoms with Gasteiger partial charge in [-0.1, -0.05) is 35.9 Å². The summed E-state index contributed by atoms with van der Waals surface area (Å²) >= 11 is 6.24. The highest BCUT2D eigenvalue weighted by Gasteiger charge is 2.16. The van der Waals surface area contributed by atoms with Gasteiger partial charge in [0.25, 0.3) is 0 Å². The molecule has 1 aliphatic rings. The van der Waals surface area contributed by atoms with Gasteiger partial charge in [0.1, 0.15) is 13.2 Å². The first-order chi connectivity index (χ1) is 10.2. The topological polar surface area (TPSA) is 30.5 Å². The quantitative estimate of drug-likeness (QED) is 0.934. The van der Waals surface area contributed by atoms with Crippen LogP contribution in [0.4, 0.5) is 0 Å². The molecule has 110 valence electrons. The molecular formula is C17H18ClNO2. The molecule has 0 saturated carbocycles. The second-order valence-electron chi connectivity index (χ2n) is 5.13. The van der Waals surface area contributed by atoms with Crippen LogP contribution in [-0.2, 0) is 13.1 Å². The Morgan fingerprint density at radius 3 is 2.76 bits per heavy atom. The molecule has 0 saturated heterocycles. The molecule has 3 nitrogen and oxygen atoms in total. The maximum absolute atomic E-state index is 6.24. The Hall–Kier alpha value is -1.71. The van der Waals surface area contributed by atoms with E-state index in [9.17, 15) is 0 Å². The lowest BCUT2D eigenvalue weighted by molar-refractivity contribution is 0.171. The molecule has 0 fully saturated rings. The van der Waals surface area contributed by atoms with Crippen LogP contribution in [0.15, 0.2) is 36.4 Å². The third kappa shape index (κ3) is 3.31. The molecule has 0 bridgehead atoms. The molecule has 0 aliphatic carbocycles. The van der Waals surface area contributed by atoms with Gasteiger partial charge in [-0.25, -0.2) is 0 Å². The highest BCUT2D eigenvalue weighted by molar-refractivity contribution is 6.32. The summed E-state index contributed by atoms with van der Waals surface area (Å²) in [5.74, 6) is 1.40. The Labute approximate surface area is 129 Å². The van der Waals surface area contributed by atoms with Gasteiger partial charge in [0.2, 0.25) is 0 Å². The minimum atomic E-state index is 0.553. The Bertz CT molecular complexity index is 643. The van der Waals surface area contributed by atoms with Gasteiger partial charge in [0.05, 0.1) is 5.02 Å². The lowest BCUT2D eigenvalue weighted by atomic mass is 10.1. The first-order valence-electron chi connectivity index (χ1n) is 7.07. The van der Waals surface area contributed by atoms with Crippen LogP contribution < -0.4 is 14.8 Å². The van der Waals surface area contributed by atoms with E-state index in [-0.39, 0.29) is 0 Å². The summed E-state index contributed by atoms with van der Waals surface area (Å²) in [6.45, 7) is 4.82. The predicted octanol–water partition coefficient (Wildman–Crippen LogP) is 3.71. The zero-order valence-electron chi connectivity index (χ0n) is 12.0. The molecule has 1 heterocycles. The average molecular weight is 304 g/mol. The summed E-state index contributed by atoms with van der Waals surface area (Å²) < 4.78 is 11.1. The molecule has 1 N–H and O–H groups in total. The molecular weight excluding hydrogens is 286 g/mol. The van der Waals surface area contributed by atoms with Crippen molar-refractivity contribution in [3.8, 4) is 11.5 Å². The number of aryl methyl sites for hydroxylation is 1. The Kier molecular flexibility index (Phi) is 4.32. The van der Waals surface area contributed by atoms with E-state index >= 15 is 0 Å². The molecule has 0 atom stereocenters. The number of fused-ring (bicyclic) bond motifs is 1. The number of hydrogen-bond acceptors (Lipinski definition) is 3. The van der Waals surface area contributed by atoms with E-state index in [2.05, 4.69) is 36.5 Å². The van der Waals surface area contributed by atoms with Gasteiger partial charge in [-0.05, 0) is 35.7 Å². The minimum absolute atomic E-state index is 0.553. The van der Waals surface area contributed by atoms with Crippen LogP contribution in [0.25, 0.3) is 0 Å². The van der Waals surface area contributed by atoms with Gasteiger partial charge in [-0.2, -0.15) is 0 Å². The van der Waals surface area contributed by atoms with Crippen molar-refractivity contribution in [2.75, 3.05) is 13.2 Å². The van der Waals surface area contributed by atoms with Gasteiger partial charge in [0.15, 0.2) is 11.5 Å². The Morgan fingerprint density at radius 2 is 1.90 bits per heavy atom. The zero-order valence-corrected chi connectivity index (χ0v) is 12.7. The van der Waals surface area contributed by atoms with Crippen LogP contribution in [-0.4, -0.2) is 13.2 Å². The summed E-state index contributed by atoms with van der Waals surface area (Å²) in [7, 11) is 0. The standard InChI is InChI=1S/C17H18ClNO2/c1-12-4-2-3-5-14(12)11-19-10-13-8-15(18)17-16(9-13)20-6-7-21-17/h2-5,8-9,19H,6-7,10-11H2,1H3. The van der Waals surface area contributed by atoms with E-state index in [1.54, 1.807) is 0 Å². The number of rotatable bonds is 4. The monoisotopic (exact) mass is 303 g/mol. The molecule has 4 heteroatoms. The first kappa shape index (κ1) is 14.2. The second-order valence-corrected chi connectivity index (χ2v) is 5.54. The molecule has 21 heavy (non-hydrogen) atoms. The van der Waals surface area contributed by atoms with E-state index in [0.29, 0.717) is 24.0 Å². The molecule has 2 aromatic rings. The average Bonchev–Trinajstić information content (AvgIpc) is 2.49. The van der Waals surface area contributed by atoms with Crippen LogP contribution in [0, 0.1) is 6.92 Å². The van der Waals surface area contributed by atoms with Crippen molar-refractivity contribution in [2.45, 2.75) is 20.0 Å². The van der Waals surface area contributed by atoms with Gasteiger partial charge < -0.3 is 14.8 Å². The fourth-order valence-electron chi connectivity index (χ4n) is 2.42. The molecule has 1 aliphatic heterocycles. The van der Waals surface area contributed by atoms with Crippen molar-refractivity contribution in [3.05, 3.63) is 58.1 Å². The van der Waals surface area contributed by atoms with Gasteiger partial charge in [-0.3, -0.25) is 0 Å². The molecule has 0 aromatic heterocycles. The van der Waals surface area contributed by atoms with Crippen LogP contribution in [0.3, 0.4) is 0 Å². The van der Waals surface area contributed by atoms with Crippen LogP contribution in [0.2, 0.25) is 5.02 Å². The third-order valence-corrected chi connectivity index (χ3v) is 3.84.